The summed E-state index contributed by atoms with van der Waals surface area (Å²) in [5.41, 5.74) is 7.53. The summed E-state index contributed by atoms with van der Waals surface area (Å²) in [7, 11) is 0. The van der Waals surface area contributed by atoms with Crippen molar-refractivity contribution >= 4 is 16.6 Å². The third-order valence-electron chi connectivity index (χ3n) is 7.19. The van der Waals surface area contributed by atoms with Gasteiger partial charge in [0.25, 0.3) is 0 Å². The van der Waals surface area contributed by atoms with Crippen molar-refractivity contribution in [3.63, 3.8) is 0 Å². The molecule has 1 nitrogen and oxygen atoms in total. The van der Waals surface area contributed by atoms with Crippen LogP contribution in [-0.2, 0) is 19.3 Å². The van der Waals surface area contributed by atoms with Crippen molar-refractivity contribution in [2.24, 2.45) is 11.8 Å². The van der Waals surface area contributed by atoms with Gasteiger partial charge in [-0.3, -0.25) is 4.79 Å². The quantitative estimate of drug-likeness (QED) is 0.300. The van der Waals surface area contributed by atoms with E-state index in [4.69, 9.17) is 0 Å². The molecule has 5 rings (SSSR count). The molecule has 0 saturated carbocycles. The highest BCUT2D eigenvalue weighted by Crippen LogP contribution is 2.36. The molecule has 0 saturated heterocycles. The van der Waals surface area contributed by atoms with E-state index in [0.717, 1.165) is 41.2 Å². The zero-order valence-corrected chi connectivity index (χ0v) is 19.0. The summed E-state index contributed by atoms with van der Waals surface area (Å²) >= 11 is 0. The van der Waals surface area contributed by atoms with Gasteiger partial charge >= 0.3 is 0 Å². The predicted molar refractivity (Wildman–Crippen MR) is 133 cm³/mol. The maximum atomic E-state index is 13.8. The first-order valence-corrected chi connectivity index (χ1v) is 11.7. The molecule has 4 aromatic carbocycles. The molecule has 32 heavy (non-hydrogen) atoms. The number of hydrogen-bond acceptors (Lipinski definition) is 1. The highest BCUT2D eigenvalue weighted by molar-refractivity contribution is 6.09. The third-order valence-corrected chi connectivity index (χ3v) is 7.19. The van der Waals surface area contributed by atoms with Crippen molar-refractivity contribution in [3.8, 4) is 0 Å². The number of benzene rings is 4. The smallest absolute Gasteiger partial charge is 0.164 e. The lowest BCUT2D eigenvalue weighted by molar-refractivity contribution is 0.0945. The van der Waals surface area contributed by atoms with E-state index in [1.165, 1.54) is 22.3 Å². The minimum absolute atomic E-state index is 0.285. The lowest BCUT2D eigenvalue weighted by Crippen LogP contribution is -2.22. The van der Waals surface area contributed by atoms with E-state index in [1.807, 2.05) is 12.1 Å². The van der Waals surface area contributed by atoms with Crippen LogP contribution in [0.25, 0.3) is 10.8 Å². The van der Waals surface area contributed by atoms with Crippen LogP contribution in [0.3, 0.4) is 0 Å². The second-order valence-corrected chi connectivity index (χ2v) is 9.50. The van der Waals surface area contributed by atoms with Gasteiger partial charge in [-0.15, -0.1) is 0 Å². The monoisotopic (exact) mass is 418 g/mol. The van der Waals surface area contributed by atoms with Crippen molar-refractivity contribution in [2.45, 2.75) is 39.5 Å². The first-order valence-electron chi connectivity index (χ1n) is 11.7. The summed E-state index contributed by atoms with van der Waals surface area (Å²) in [6, 6.07) is 30.1. The highest BCUT2D eigenvalue weighted by Gasteiger charge is 2.31. The first-order chi connectivity index (χ1) is 15.6. The number of rotatable bonds is 6. The molecule has 1 unspecified atom stereocenters. The Labute approximate surface area is 191 Å². The van der Waals surface area contributed by atoms with Crippen LogP contribution in [0.5, 0.6) is 0 Å². The lowest BCUT2D eigenvalue weighted by Gasteiger charge is -2.24. The summed E-state index contributed by atoms with van der Waals surface area (Å²) in [4.78, 5) is 13.8. The Hall–Kier alpha value is -3.19. The Bertz CT molecular complexity index is 1260. The van der Waals surface area contributed by atoms with E-state index in [1.54, 1.807) is 0 Å². The summed E-state index contributed by atoms with van der Waals surface area (Å²) in [5.74, 6) is 1.12. The SMILES string of the molecule is Cc1cccc(CC(CC(=O)c2c(C)ccc3ccccc23)C2Cc3ccccc3C2)c1. The van der Waals surface area contributed by atoms with Crippen LogP contribution in [0.4, 0.5) is 0 Å². The topological polar surface area (TPSA) is 17.1 Å². The maximum Gasteiger partial charge on any atom is 0.164 e. The van der Waals surface area contributed by atoms with Gasteiger partial charge < -0.3 is 0 Å². The molecule has 0 fully saturated rings. The second-order valence-electron chi connectivity index (χ2n) is 9.50. The molecule has 1 atom stereocenters. The van der Waals surface area contributed by atoms with Gasteiger partial charge in [-0.2, -0.15) is 0 Å². The Morgan fingerprint density at radius 3 is 2.31 bits per heavy atom. The molecule has 1 aliphatic rings. The summed E-state index contributed by atoms with van der Waals surface area (Å²) in [5, 5.41) is 2.23. The number of carbonyl (C=O) groups is 1. The summed E-state index contributed by atoms with van der Waals surface area (Å²) in [6.07, 6.45) is 3.71. The molecule has 4 aromatic rings. The molecule has 0 radical (unpaired) electrons. The third kappa shape index (κ3) is 4.12. The van der Waals surface area contributed by atoms with Crippen molar-refractivity contribution in [2.75, 3.05) is 0 Å². The second kappa shape index (κ2) is 8.74. The van der Waals surface area contributed by atoms with E-state index in [9.17, 15) is 4.79 Å². The van der Waals surface area contributed by atoms with E-state index in [2.05, 4.69) is 86.6 Å². The van der Waals surface area contributed by atoms with Crippen LogP contribution in [0.15, 0.2) is 84.9 Å². The van der Waals surface area contributed by atoms with Crippen LogP contribution in [-0.4, -0.2) is 5.78 Å². The average Bonchev–Trinajstić information content (AvgIpc) is 3.23. The Morgan fingerprint density at radius 2 is 1.56 bits per heavy atom. The normalized spacial score (nSPS) is 14.4. The largest absolute Gasteiger partial charge is 0.294 e. The minimum Gasteiger partial charge on any atom is -0.294 e. The van der Waals surface area contributed by atoms with Crippen LogP contribution >= 0.6 is 0 Å². The summed E-state index contributed by atoms with van der Waals surface area (Å²) < 4.78 is 0. The van der Waals surface area contributed by atoms with Gasteiger partial charge in [-0.25, -0.2) is 0 Å². The van der Waals surface area contributed by atoms with E-state index >= 15 is 0 Å². The molecule has 0 heterocycles. The van der Waals surface area contributed by atoms with Crippen molar-refractivity contribution < 1.29 is 4.79 Å². The van der Waals surface area contributed by atoms with E-state index in [-0.39, 0.29) is 5.78 Å². The Balaban J connectivity index is 1.47. The van der Waals surface area contributed by atoms with Crippen molar-refractivity contribution in [1.82, 2.24) is 0 Å². The molecule has 160 valence electrons. The van der Waals surface area contributed by atoms with Crippen LogP contribution in [0.2, 0.25) is 0 Å². The van der Waals surface area contributed by atoms with Gasteiger partial charge in [0.1, 0.15) is 0 Å². The standard InChI is InChI=1S/C31H30O/c1-21-8-7-9-23(16-21)17-27(28-18-25-11-3-4-12-26(25)19-28)20-30(32)31-22(2)14-15-24-10-5-6-13-29(24)31/h3-16,27-28H,17-20H2,1-2H3. The molecular weight excluding hydrogens is 388 g/mol. The van der Waals surface area contributed by atoms with Crippen LogP contribution in [0.1, 0.15) is 44.6 Å². The average molecular weight is 419 g/mol. The molecule has 0 aliphatic heterocycles. The molecule has 0 amide bonds. The summed E-state index contributed by atoms with van der Waals surface area (Å²) in [6.45, 7) is 4.22. The number of aryl methyl sites for hydroxylation is 2. The van der Waals surface area contributed by atoms with E-state index < -0.39 is 0 Å². The number of hydrogen-bond donors (Lipinski definition) is 0. The van der Waals surface area contributed by atoms with E-state index in [0.29, 0.717) is 18.3 Å². The fourth-order valence-electron chi connectivity index (χ4n) is 5.56. The Morgan fingerprint density at radius 1 is 0.844 bits per heavy atom. The zero-order chi connectivity index (χ0) is 22.1. The maximum absolute atomic E-state index is 13.8. The molecule has 0 aromatic heterocycles. The van der Waals surface area contributed by atoms with Gasteiger partial charge in [-0.05, 0) is 78.0 Å². The first kappa shape index (κ1) is 20.7. The molecule has 0 spiro atoms. The molecule has 1 heteroatoms. The molecule has 1 aliphatic carbocycles. The van der Waals surface area contributed by atoms with Gasteiger partial charge in [-0.1, -0.05) is 90.5 Å². The van der Waals surface area contributed by atoms with Gasteiger partial charge in [0.2, 0.25) is 0 Å². The van der Waals surface area contributed by atoms with Crippen LogP contribution < -0.4 is 0 Å². The number of carbonyl (C=O) groups excluding carboxylic acids is 1. The van der Waals surface area contributed by atoms with Gasteiger partial charge in [0.15, 0.2) is 5.78 Å². The predicted octanol–water partition coefficient (Wildman–Crippen LogP) is 7.30. The van der Waals surface area contributed by atoms with Crippen molar-refractivity contribution in [1.29, 1.82) is 0 Å². The molecule has 0 N–H and O–H groups in total. The number of fused-ring (bicyclic) bond motifs is 2. The lowest BCUT2D eigenvalue weighted by atomic mass is 9.79. The van der Waals surface area contributed by atoms with Crippen molar-refractivity contribution in [3.05, 3.63) is 118 Å². The molecule has 0 bridgehead atoms. The van der Waals surface area contributed by atoms with Gasteiger partial charge in [0.05, 0.1) is 0 Å². The molecular formula is C31H30O. The fraction of sp³-hybridized carbons (Fsp3) is 0.258. The van der Waals surface area contributed by atoms with Crippen LogP contribution in [0, 0.1) is 25.7 Å². The zero-order valence-electron chi connectivity index (χ0n) is 19.0. The van der Waals surface area contributed by atoms with Gasteiger partial charge in [0, 0.05) is 12.0 Å². The fourth-order valence-corrected chi connectivity index (χ4v) is 5.56. The number of ketones is 1. The Kier molecular flexibility index (Phi) is 5.66. The number of Topliss-reactive ketones (excluding diaryl/α,β-unsaturated/α-hetero) is 1. The highest BCUT2D eigenvalue weighted by atomic mass is 16.1. The minimum atomic E-state index is 0.285.